The van der Waals surface area contributed by atoms with Gasteiger partial charge in [0.15, 0.2) is 0 Å². The smallest absolute Gasteiger partial charge is 0.323 e. The molecule has 1 N–H and O–H groups in total. The van der Waals surface area contributed by atoms with Crippen LogP contribution in [0.3, 0.4) is 0 Å². The van der Waals surface area contributed by atoms with E-state index < -0.39 is 30.2 Å². The lowest BCUT2D eigenvalue weighted by molar-refractivity contribution is -0.154. The molecule has 3 amide bonds. The monoisotopic (exact) mass is 369 g/mol. The molecule has 3 rings (SSSR count). The van der Waals surface area contributed by atoms with Crippen molar-refractivity contribution in [1.82, 2.24) is 15.1 Å². The lowest BCUT2D eigenvalue weighted by atomic mass is 9.82. The van der Waals surface area contributed by atoms with E-state index >= 15 is 0 Å². The Labute approximate surface area is 150 Å². The molecule has 1 aliphatic heterocycles. The topological polar surface area (TPSA) is 52.7 Å². The molecule has 1 spiro atoms. The molecule has 0 aromatic heterocycles. The number of urea groups is 1. The molecule has 2 fully saturated rings. The van der Waals surface area contributed by atoms with Gasteiger partial charge in [0.2, 0.25) is 0 Å². The van der Waals surface area contributed by atoms with Crippen molar-refractivity contribution in [1.29, 1.82) is 0 Å². The van der Waals surface area contributed by atoms with E-state index in [0.29, 0.717) is 18.4 Å². The molecule has 142 valence electrons. The van der Waals surface area contributed by atoms with Gasteiger partial charge in [-0.2, -0.15) is 13.2 Å². The number of halogens is 3. The number of carbonyl (C=O) groups is 2. The third kappa shape index (κ3) is 4.17. The highest BCUT2D eigenvalue weighted by Gasteiger charge is 2.51. The van der Waals surface area contributed by atoms with Gasteiger partial charge in [0.1, 0.15) is 5.54 Å². The SMILES string of the molecule is O=C1NC2(CCCCC2)C(=O)N1CN(Cc1ccccc1)CC(F)(F)F. The fourth-order valence-corrected chi connectivity index (χ4v) is 3.75. The van der Waals surface area contributed by atoms with Crippen molar-refractivity contribution in [3.05, 3.63) is 35.9 Å². The minimum atomic E-state index is -4.42. The van der Waals surface area contributed by atoms with Gasteiger partial charge in [-0.05, 0) is 18.4 Å². The van der Waals surface area contributed by atoms with Crippen LogP contribution in [0.25, 0.3) is 0 Å². The second kappa shape index (κ2) is 7.26. The second-order valence-electron chi connectivity index (χ2n) is 7.04. The van der Waals surface area contributed by atoms with E-state index in [9.17, 15) is 22.8 Å². The van der Waals surface area contributed by atoms with Gasteiger partial charge in [-0.1, -0.05) is 49.6 Å². The van der Waals surface area contributed by atoms with Crippen LogP contribution in [0.4, 0.5) is 18.0 Å². The zero-order chi connectivity index (χ0) is 18.8. The van der Waals surface area contributed by atoms with E-state index in [0.717, 1.165) is 29.1 Å². The molecule has 0 radical (unpaired) electrons. The zero-order valence-electron chi connectivity index (χ0n) is 14.4. The van der Waals surface area contributed by atoms with Gasteiger partial charge in [-0.25, -0.2) is 9.69 Å². The number of alkyl halides is 3. The van der Waals surface area contributed by atoms with Gasteiger partial charge >= 0.3 is 12.2 Å². The quantitative estimate of drug-likeness (QED) is 0.811. The first-order valence-electron chi connectivity index (χ1n) is 8.76. The van der Waals surface area contributed by atoms with E-state index in [1.807, 2.05) is 0 Å². The maximum absolute atomic E-state index is 13.0. The predicted octanol–water partition coefficient (Wildman–Crippen LogP) is 3.26. The summed E-state index contributed by atoms with van der Waals surface area (Å²) in [6, 6.07) is 8.10. The van der Waals surface area contributed by atoms with Crippen LogP contribution >= 0.6 is 0 Å². The van der Waals surface area contributed by atoms with E-state index in [1.165, 1.54) is 0 Å². The Hall–Kier alpha value is -2.09. The van der Waals surface area contributed by atoms with Crippen LogP contribution in [-0.4, -0.2) is 46.7 Å². The Balaban J connectivity index is 1.75. The summed E-state index contributed by atoms with van der Waals surface area (Å²) in [5.74, 6) is -0.401. The average molecular weight is 369 g/mol. The minimum absolute atomic E-state index is 0.00437. The van der Waals surface area contributed by atoms with Crippen LogP contribution in [0.5, 0.6) is 0 Å². The second-order valence-corrected chi connectivity index (χ2v) is 7.04. The highest BCUT2D eigenvalue weighted by atomic mass is 19.4. The van der Waals surface area contributed by atoms with Gasteiger partial charge in [-0.3, -0.25) is 9.69 Å². The molecule has 1 saturated heterocycles. The molecule has 0 atom stereocenters. The minimum Gasteiger partial charge on any atom is -0.323 e. The molecule has 1 aromatic carbocycles. The number of nitrogens with one attached hydrogen (secondary N) is 1. The first kappa shape index (κ1) is 18.7. The number of carbonyl (C=O) groups excluding carboxylic acids is 2. The number of hydrogen-bond donors (Lipinski definition) is 1. The van der Waals surface area contributed by atoms with Crippen LogP contribution in [0, 0.1) is 0 Å². The number of imide groups is 1. The van der Waals surface area contributed by atoms with Gasteiger partial charge in [0.25, 0.3) is 5.91 Å². The van der Waals surface area contributed by atoms with Crippen LogP contribution < -0.4 is 5.32 Å². The number of benzene rings is 1. The maximum Gasteiger partial charge on any atom is 0.401 e. The number of rotatable bonds is 5. The van der Waals surface area contributed by atoms with Crippen molar-refractivity contribution < 1.29 is 22.8 Å². The molecule has 26 heavy (non-hydrogen) atoms. The van der Waals surface area contributed by atoms with Crippen LogP contribution in [0.1, 0.15) is 37.7 Å². The molecular weight excluding hydrogens is 347 g/mol. The molecule has 2 aliphatic rings. The van der Waals surface area contributed by atoms with E-state index in [2.05, 4.69) is 5.32 Å². The maximum atomic E-state index is 13.0. The highest BCUT2D eigenvalue weighted by Crippen LogP contribution is 2.34. The molecule has 1 aliphatic carbocycles. The molecule has 8 heteroatoms. The molecule has 5 nitrogen and oxygen atoms in total. The van der Waals surface area contributed by atoms with Crippen molar-refractivity contribution in [2.45, 2.75) is 50.4 Å². The molecule has 0 bridgehead atoms. The van der Waals surface area contributed by atoms with Gasteiger partial charge < -0.3 is 5.32 Å². The van der Waals surface area contributed by atoms with Crippen LogP contribution in [-0.2, 0) is 11.3 Å². The lowest BCUT2D eigenvalue weighted by Gasteiger charge is -2.31. The summed E-state index contributed by atoms with van der Waals surface area (Å²) in [6.45, 7) is -1.56. The van der Waals surface area contributed by atoms with Gasteiger partial charge in [0, 0.05) is 6.54 Å². The van der Waals surface area contributed by atoms with Gasteiger partial charge in [0.05, 0.1) is 13.2 Å². The Kier molecular flexibility index (Phi) is 5.22. The van der Waals surface area contributed by atoms with Crippen molar-refractivity contribution in [2.75, 3.05) is 13.2 Å². The molecular formula is C18H22F3N3O2. The summed E-state index contributed by atoms with van der Waals surface area (Å²) in [5, 5.41) is 2.73. The highest BCUT2D eigenvalue weighted by molar-refractivity contribution is 6.07. The van der Waals surface area contributed by atoms with E-state index in [4.69, 9.17) is 0 Å². The van der Waals surface area contributed by atoms with Gasteiger partial charge in [-0.15, -0.1) is 0 Å². The molecule has 1 aromatic rings. The fourth-order valence-electron chi connectivity index (χ4n) is 3.75. The Morgan fingerprint density at radius 2 is 1.73 bits per heavy atom. The Bertz CT molecular complexity index is 657. The van der Waals surface area contributed by atoms with E-state index in [-0.39, 0.29) is 13.2 Å². The Morgan fingerprint density at radius 1 is 1.08 bits per heavy atom. The Morgan fingerprint density at radius 3 is 2.35 bits per heavy atom. The number of hydrogen-bond acceptors (Lipinski definition) is 3. The average Bonchev–Trinajstić information content (AvgIpc) is 2.79. The van der Waals surface area contributed by atoms with E-state index in [1.54, 1.807) is 30.3 Å². The molecule has 1 heterocycles. The standard InChI is InChI=1S/C18H22F3N3O2/c19-18(20,21)12-23(11-14-7-3-1-4-8-14)13-24-15(25)17(22-16(24)26)9-5-2-6-10-17/h1,3-4,7-8H,2,5-6,9-13H2,(H,22,26). The van der Waals surface area contributed by atoms with Crippen molar-refractivity contribution >= 4 is 11.9 Å². The third-order valence-electron chi connectivity index (χ3n) is 4.95. The fraction of sp³-hybridized carbons (Fsp3) is 0.556. The normalized spacial score (nSPS) is 20.1. The molecule has 0 unspecified atom stereocenters. The zero-order valence-corrected chi connectivity index (χ0v) is 14.4. The largest absolute Gasteiger partial charge is 0.401 e. The lowest BCUT2D eigenvalue weighted by Crippen LogP contribution is -2.49. The summed E-state index contributed by atoms with van der Waals surface area (Å²) in [5.41, 5.74) is -0.234. The summed E-state index contributed by atoms with van der Waals surface area (Å²) >= 11 is 0. The first-order valence-corrected chi connectivity index (χ1v) is 8.76. The van der Waals surface area contributed by atoms with Crippen molar-refractivity contribution in [3.8, 4) is 0 Å². The van der Waals surface area contributed by atoms with Crippen molar-refractivity contribution in [3.63, 3.8) is 0 Å². The summed E-state index contributed by atoms with van der Waals surface area (Å²) in [6.07, 6.45) is -0.667. The molecule has 1 saturated carbocycles. The van der Waals surface area contributed by atoms with Crippen LogP contribution in [0.2, 0.25) is 0 Å². The third-order valence-corrected chi connectivity index (χ3v) is 4.95. The number of amides is 3. The summed E-state index contributed by atoms with van der Waals surface area (Å²) < 4.78 is 38.9. The van der Waals surface area contributed by atoms with Crippen LogP contribution in [0.15, 0.2) is 30.3 Å². The summed E-state index contributed by atoms with van der Waals surface area (Å²) in [7, 11) is 0. The van der Waals surface area contributed by atoms with Crippen molar-refractivity contribution in [2.24, 2.45) is 0 Å². The summed E-state index contributed by atoms with van der Waals surface area (Å²) in [4.78, 5) is 27.1. The number of nitrogens with zero attached hydrogens (tertiary/aromatic N) is 2. The first-order chi connectivity index (χ1) is 12.3. The predicted molar refractivity (Wildman–Crippen MR) is 89.0 cm³/mol.